The number of hydrogen-bond donors (Lipinski definition) is 2. The third kappa shape index (κ3) is 1.96. The maximum atomic E-state index is 5.73. The minimum atomic E-state index is -0.0441. The quantitative estimate of drug-likeness (QED) is 0.649. The predicted molar refractivity (Wildman–Crippen MR) is 51.6 cm³/mol. The van der Waals surface area contributed by atoms with Gasteiger partial charge in [0.25, 0.3) is 0 Å². The molecule has 0 amide bonds. The first-order valence-corrected chi connectivity index (χ1v) is 4.03. The molecule has 3 nitrogen and oxygen atoms in total. The van der Waals surface area contributed by atoms with Crippen LogP contribution in [0.4, 0.5) is 5.69 Å². The van der Waals surface area contributed by atoms with Crippen LogP contribution < -0.4 is 16.4 Å². The van der Waals surface area contributed by atoms with Gasteiger partial charge in [0.15, 0.2) is 0 Å². The fourth-order valence-corrected chi connectivity index (χ4v) is 1.13. The second kappa shape index (κ2) is 4.09. The van der Waals surface area contributed by atoms with Crippen molar-refractivity contribution in [2.45, 2.75) is 13.1 Å². The lowest BCUT2D eigenvalue weighted by Gasteiger charge is -2.26. The summed E-state index contributed by atoms with van der Waals surface area (Å²) >= 11 is 0. The highest BCUT2D eigenvalue weighted by Gasteiger charge is 2.06. The lowest BCUT2D eigenvalue weighted by molar-refractivity contribution is 0.667. The summed E-state index contributed by atoms with van der Waals surface area (Å²) in [6.07, 6.45) is -0.0441. The molecule has 1 aromatic rings. The maximum Gasteiger partial charge on any atom is 0.0755 e. The molecule has 0 aliphatic rings. The summed E-state index contributed by atoms with van der Waals surface area (Å²) < 4.78 is 0. The van der Waals surface area contributed by atoms with E-state index in [9.17, 15) is 0 Å². The average molecular weight is 165 g/mol. The van der Waals surface area contributed by atoms with Gasteiger partial charge in [-0.05, 0) is 19.1 Å². The Morgan fingerprint density at radius 3 is 2.33 bits per heavy atom. The van der Waals surface area contributed by atoms with Gasteiger partial charge in [0, 0.05) is 5.69 Å². The van der Waals surface area contributed by atoms with E-state index in [0.717, 1.165) is 5.69 Å². The van der Waals surface area contributed by atoms with Gasteiger partial charge >= 0.3 is 0 Å². The van der Waals surface area contributed by atoms with E-state index in [1.165, 1.54) is 0 Å². The standard InChI is InChI=1S/C9H15N3/c1-8(11)12(7-10)9-5-3-2-4-6-9/h2-6,8H,7,10-11H2,1H3. The molecule has 1 aromatic carbocycles. The van der Waals surface area contributed by atoms with Gasteiger partial charge in [0.1, 0.15) is 0 Å². The molecule has 0 bridgehead atoms. The molecule has 0 saturated heterocycles. The Kier molecular flexibility index (Phi) is 3.08. The molecular formula is C9H15N3. The second-order valence-corrected chi connectivity index (χ2v) is 2.73. The predicted octanol–water partition coefficient (Wildman–Crippen LogP) is 0.714. The Bertz CT molecular complexity index is 220. The van der Waals surface area contributed by atoms with Crippen molar-refractivity contribution in [3.05, 3.63) is 30.3 Å². The fourth-order valence-electron chi connectivity index (χ4n) is 1.13. The molecular weight excluding hydrogens is 150 g/mol. The number of hydrogen-bond acceptors (Lipinski definition) is 3. The van der Waals surface area contributed by atoms with Crippen LogP contribution in [0.2, 0.25) is 0 Å². The van der Waals surface area contributed by atoms with Gasteiger partial charge in [-0.15, -0.1) is 0 Å². The van der Waals surface area contributed by atoms with Crippen LogP contribution in [0, 0.1) is 0 Å². The smallest absolute Gasteiger partial charge is 0.0755 e. The number of para-hydroxylation sites is 1. The molecule has 12 heavy (non-hydrogen) atoms. The molecule has 0 aliphatic heterocycles. The molecule has 0 saturated carbocycles. The van der Waals surface area contributed by atoms with Crippen molar-refractivity contribution in [3.63, 3.8) is 0 Å². The van der Waals surface area contributed by atoms with Crippen molar-refractivity contribution in [1.82, 2.24) is 0 Å². The van der Waals surface area contributed by atoms with Crippen LogP contribution in [0.5, 0.6) is 0 Å². The van der Waals surface area contributed by atoms with Crippen LogP contribution in [-0.4, -0.2) is 12.8 Å². The maximum absolute atomic E-state index is 5.73. The molecule has 0 aliphatic carbocycles. The van der Waals surface area contributed by atoms with Crippen molar-refractivity contribution < 1.29 is 0 Å². The summed E-state index contributed by atoms with van der Waals surface area (Å²) in [5.41, 5.74) is 12.3. The van der Waals surface area contributed by atoms with E-state index in [-0.39, 0.29) is 6.17 Å². The largest absolute Gasteiger partial charge is 0.344 e. The summed E-state index contributed by atoms with van der Waals surface area (Å²) in [6.45, 7) is 2.36. The number of benzene rings is 1. The highest BCUT2D eigenvalue weighted by molar-refractivity contribution is 5.46. The average Bonchev–Trinajstić information content (AvgIpc) is 2.07. The lowest BCUT2D eigenvalue weighted by Crippen LogP contribution is -2.43. The Balaban J connectivity index is 2.80. The number of nitrogens with two attached hydrogens (primary N) is 2. The lowest BCUT2D eigenvalue weighted by atomic mass is 10.3. The Hall–Kier alpha value is -1.06. The van der Waals surface area contributed by atoms with Crippen LogP contribution >= 0.6 is 0 Å². The van der Waals surface area contributed by atoms with Crippen LogP contribution in [0.3, 0.4) is 0 Å². The molecule has 0 spiro atoms. The first kappa shape index (κ1) is 9.03. The molecule has 0 aromatic heterocycles. The highest BCUT2D eigenvalue weighted by atomic mass is 15.3. The topological polar surface area (TPSA) is 55.3 Å². The fraction of sp³-hybridized carbons (Fsp3) is 0.333. The van der Waals surface area contributed by atoms with E-state index in [0.29, 0.717) is 6.67 Å². The second-order valence-electron chi connectivity index (χ2n) is 2.73. The molecule has 1 unspecified atom stereocenters. The number of nitrogens with zero attached hydrogens (tertiary/aromatic N) is 1. The zero-order valence-corrected chi connectivity index (χ0v) is 7.27. The van der Waals surface area contributed by atoms with Gasteiger partial charge in [-0.25, -0.2) is 0 Å². The zero-order valence-electron chi connectivity index (χ0n) is 7.27. The summed E-state index contributed by atoms with van der Waals surface area (Å²) in [7, 11) is 0. The van der Waals surface area contributed by atoms with Gasteiger partial charge in [0.05, 0.1) is 12.8 Å². The molecule has 0 fully saturated rings. The van der Waals surface area contributed by atoms with E-state index in [1.54, 1.807) is 0 Å². The molecule has 66 valence electrons. The molecule has 0 heterocycles. The van der Waals surface area contributed by atoms with Crippen molar-refractivity contribution in [3.8, 4) is 0 Å². The third-order valence-corrected chi connectivity index (χ3v) is 1.78. The zero-order chi connectivity index (χ0) is 8.97. The summed E-state index contributed by atoms with van der Waals surface area (Å²) in [5.74, 6) is 0. The third-order valence-electron chi connectivity index (χ3n) is 1.78. The SMILES string of the molecule is CC(N)N(CN)c1ccccc1. The Labute approximate surface area is 73.0 Å². The van der Waals surface area contributed by atoms with Crippen molar-refractivity contribution >= 4 is 5.69 Å². The number of rotatable bonds is 3. The van der Waals surface area contributed by atoms with Crippen LogP contribution in [0.15, 0.2) is 30.3 Å². The van der Waals surface area contributed by atoms with E-state index in [2.05, 4.69) is 0 Å². The minimum absolute atomic E-state index is 0.0441. The normalized spacial score (nSPS) is 12.6. The monoisotopic (exact) mass is 165 g/mol. The van der Waals surface area contributed by atoms with E-state index < -0.39 is 0 Å². The molecule has 1 atom stereocenters. The molecule has 1 rings (SSSR count). The van der Waals surface area contributed by atoms with Gasteiger partial charge in [0.2, 0.25) is 0 Å². The Morgan fingerprint density at radius 2 is 1.92 bits per heavy atom. The van der Waals surface area contributed by atoms with Crippen molar-refractivity contribution in [2.75, 3.05) is 11.6 Å². The molecule has 3 heteroatoms. The van der Waals surface area contributed by atoms with Gasteiger partial charge in [-0.1, -0.05) is 18.2 Å². The molecule has 4 N–H and O–H groups in total. The van der Waals surface area contributed by atoms with Crippen LogP contribution in [0.1, 0.15) is 6.92 Å². The first-order chi connectivity index (χ1) is 5.75. The summed E-state index contributed by atoms with van der Waals surface area (Å²) in [4.78, 5) is 1.93. The summed E-state index contributed by atoms with van der Waals surface area (Å²) in [6, 6.07) is 9.91. The van der Waals surface area contributed by atoms with E-state index >= 15 is 0 Å². The van der Waals surface area contributed by atoms with Crippen LogP contribution in [0.25, 0.3) is 0 Å². The minimum Gasteiger partial charge on any atom is -0.344 e. The van der Waals surface area contributed by atoms with E-state index in [1.807, 2.05) is 42.2 Å². The number of anilines is 1. The van der Waals surface area contributed by atoms with Crippen molar-refractivity contribution in [1.29, 1.82) is 0 Å². The van der Waals surface area contributed by atoms with Crippen LogP contribution in [-0.2, 0) is 0 Å². The van der Waals surface area contributed by atoms with Crippen molar-refractivity contribution in [2.24, 2.45) is 11.5 Å². The van der Waals surface area contributed by atoms with E-state index in [4.69, 9.17) is 11.5 Å². The Morgan fingerprint density at radius 1 is 1.33 bits per heavy atom. The van der Waals surface area contributed by atoms with Gasteiger partial charge in [-0.2, -0.15) is 0 Å². The van der Waals surface area contributed by atoms with Gasteiger partial charge < -0.3 is 16.4 Å². The summed E-state index contributed by atoms with van der Waals surface area (Å²) in [5, 5.41) is 0. The first-order valence-electron chi connectivity index (χ1n) is 4.03. The highest BCUT2D eigenvalue weighted by Crippen LogP contribution is 2.12. The molecule has 0 radical (unpaired) electrons. The van der Waals surface area contributed by atoms with Gasteiger partial charge in [-0.3, -0.25) is 0 Å².